The Morgan fingerprint density at radius 1 is 1.32 bits per heavy atom. The predicted octanol–water partition coefficient (Wildman–Crippen LogP) is 3.26. The highest BCUT2D eigenvalue weighted by Gasteiger charge is 2.38. The minimum atomic E-state index is -4.56. The minimum Gasteiger partial charge on any atom is -0.382 e. The lowest BCUT2D eigenvalue weighted by atomic mass is 10.1. The molecule has 0 fully saturated rings. The van der Waals surface area contributed by atoms with Crippen LogP contribution in [0.4, 0.5) is 13.2 Å². The fourth-order valence-electron chi connectivity index (χ4n) is 1.91. The van der Waals surface area contributed by atoms with Gasteiger partial charge in [-0.25, -0.2) is 0 Å². The topological polar surface area (TPSA) is 23.5 Å². The van der Waals surface area contributed by atoms with Crippen molar-refractivity contribution in [2.45, 2.75) is 18.8 Å². The van der Waals surface area contributed by atoms with Crippen LogP contribution in [0.3, 0.4) is 0 Å². The van der Waals surface area contributed by atoms with E-state index in [4.69, 9.17) is 5.11 Å². The van der Waals surface area contributed by atoms with Crippen molar-refractivity contribution >= 4 is 21.4 Å². The Kier molecular flexibility index (Phi) is 4.13. The second-order valence-electron chi connectivity index (χ2n) is 4.51. The summed E-state index contributed by atoms with van der Waals surface area (Å²) in [6.45, 7) is -0.0369. The molecule has 1 unspecified atom stereocenters. The van der Waals surface area contributed by atoms with Gasteiger partial charge in [0.2, 0.25) is 0 Å². The molecule has 0 aliphatic rings. The molecular formula is C13H14F3NOS. The Hall–Kier alpha value is -1.11. The molecule has 19 heavy (non-hydrogen) atoms. The van der Waals surface area contributed by atoms with Gasteiger partial charge in [-0.15, -0.1) is 11.3 Å². The fourth-order valence-corrected chi connectivity index (χ4v) is 2.86. The third-order valence-electron chi connectivity index (χ3n) is 2.86. The van der Waals surface area contributed by atoms with Crippen LogP contribution in [0.25, 0.3) is 10.1 Å². The summed E-state index contributed by atoms with van der Waals surface area (Å²) in [6.07, 6.45) is -6.87. The largest absolute Gasteiger partial charge is 0.415 e. The van der Waals surface area contributed by atoms with Crippen LogP contribution in [0.1, 0.15) is 5.56 Å². The van der Waals surface area contributed by atoms with E-state index in [1.54, 1.807) is 18.4 Å². The lowest BCUT2D eigenvalue weighted by molar-refractivity contribution is -0.207. The molecule has 0 bridgehead atoms. The number of halogens is 3. The summed E-state index contributed by atoms with van der Waals surface area (Å²) in [5, 5.41) is 12.0. The first-order valence-electron chi connectivity index (χ1n) is 5.76. The summed E-state index contributed by atoms with van der Waals surface area (Å²) in [4.78, 5) is 1.48. The molecule has 1 aromatic carbocycles. The maximum absolute atomic E-state index is 12.3. The SMILES string of the molecule is CN(Cc1csc2ccccc12)CC(O)C(F)(F)F. The van der Waals surface area contributed by atoms with Gasteiger partial charge in [0, 0.05) is 17.8 Å². The van der Waals surface area contributed by atoms with E-state index < -0.39 is 18.8 Å². The molecule has 0 aliphatic carbocycles. The van der Waals surface area contributed by atoms with Crippen molar-refractivity contribution < 1.29 is 18.3 Å². The zero-order valence-corrected chi connectivity index (χ0v) is 11.1. The van der Waals surface area contributed by atoms with Gasteiger partial charge in [-0.2, -0.15) is 13.2 Å². The summed E-state index contributed by atoms with van der Waals surface area (Å²) in [5.74, 6) is 0. The van der Waals surface area contributed by atoms with Crippen LogP contribution in [0.2, 0.25) is 0 Å². The molecule has 2 rings (SSSR count). The fraction of sp³-hybridized carbons (Fsp3) is 0.385. The number of nitrogens with zero attached hydrogens (tertiary/aromatic N) is 1. The molecule has 2 aromatic rings. The molecule has 6 heteroatoms. The molecule has 1 aromatic heterocycles. The standard InChI is InChI=1S/C13H14F3NOS/c1-17(7-12(18)13(14,15)16)6-9-8-19-11-5-3-2-4-10(9)11/h2-5,8,12,18H,6-7H2,1H3. The predicted molar refractivity (Wildman–Crippen MR) is 70.2 cm³/mol. The highest BCUT2D eigenvalue weighted by atomic mass is 32.1. The van der Waals surface area contributed by atoms with Gasteiger partial charge in [0.15, 0.2) is 6.10 Å². The van der Waals surface area contributed by atoms with Crippen molar-refractivity contribution in [2.24, 2.45) is 0 Å². The molecule has 1 N–H and O–H groups in total. The van der Waals surface area contributed by atoms with Gasteiger partial charge in [-0.1, -0.05) is 18.2 Å². The van der Waals surface area contributed by atoms with Gasteiger partial charge in [0.05, 0.1) is 0 Å². The lowest BCUT2D eigenvalue weighted by Crippen LogP contribution is -2.39. The molecule has 1 atom stereocenters. The van der Waals surface area contributed by atoms with Crippen LogP contribution >= 0.6 is 11.3 Å². The number of fused-ring (bicyclic) bond motifs is 1. The number of aliphatic hydroxyl groups is 1. The molecule has 0 saturated heterocycles. The van der Waals surface area contributed by atoms with E-state index >= 15 is 0 Å². The van der Waals surface area contributed by atoms with E-state index in [0.29, 0.717) is 6.54 Å². The maximum Gasteiger partial charge on any atom is 0.415 e. The van der Waals surface area contributed by atoms with E-state index in [0.717, 1.165) is 15.6 Å². The van der Waals surface area contributed by atoms with Crippen LogP contribution in [0, 0.1) is 0 Å². The molecule has 1 heterocycles. The maximum atomic E-state index is 12.3. The van der Waals surface area contributed by atoms with Gasteiger partial charge in [-0.05, 0) is 29.4 Å². The number of hydrogen-bond acceptors (Lipinski definition) is 3. The zero-order chi connectivity index (χ0) is 14.0. The van der Waals surface area contributed by atoms with Crippen LogP contribution in [-0.2, 0) is 6.54 Å². The molecule has 0 amide bonds. The van der Waals surface area contributed by atoms with Gasteiger partial charge < -0.3 is 5.11 Å². The van der Waals surface area contributed by atoms with Gasteiger partial charge in [0.25, 0.3) is 0 Å². The third kappa shape index (κ3) is 3.46. The van der Waals surface area contributed by atoms with Gasteiger partial charge in [-0.3, -0.25) is 4.90 Å². The third-order valence-corrected chi connectivity index (χ3v) is 3.88. The molecular weight excluding hydrogens is 275 g/mol. The second-order valence-corrected chi connectivity index (χ2v) is 5.42. The Morgan fingerprint density at radius 2 is 2.00 bits per heavy atom. The van der Waals surface area contributed by atoms with Gasteiger partial charge >= 0.3 is 6.18 Å². The first-order chi connectivity index (χ1) is 8.88. The Balaban J connectivity index is 2.05. The van der Waals surface area contributed by atoms with Crippen molar-refractivity contribution in [1.29, 1.82) is 0 Å². The van der Waals surface area contributed by atoms with E-state index in [1.165, 1.54) is 4.90 Å². The Labute approximate surface area is 113 Å². The Bertz CT molecular complexity index is 552. The lowest BCUT2D eigenvalue weighted by Gasteiger charge is -2.22. The van der Waals surface area contributed by atoms with Crippen molar-refractivity contribution in [3.8, 4) is 0 Å². The first-order valence-corrected chi connectivity index (χ1v) is 6.64. The van der Waals surface area contributed by atoms with Crippen LogP contribution in [-0.4, -0.2) is 35.9 Å². The summed E-state index contributed by atoms with van der Waals surface area (Å²) < 4.78 is 37.9. The summed E-state index contributed by atoms with van der Waals surface area (Å²) in [5.41, 5.74) is 0.984. The van der Waals surface area contributed by atoms with Crippen molar-refractivity contribution in [1.82, 2.24) is 4.90 Å². The highest BCUT2D eigenvalue weighted by molar-refractivity contribution is 7.17. The molecule has 0 spiro atoms. The number of hydrogen-bond donors (Lipinski definition) is 1. The van der Waals surface area contributed by atoms with Crippen molar-refractivity contribution in [3.63, 3.8) is 0 Å². The smallest absolute Gasteiger partial charge is 0.382 e. The number of rotatable bonds is 4. The summed E-state index contributed by atoms with van der Waals surface area (Å²) in [6, 6.07) is 7.77. The van der Waals surface area contributed by atoms with Crippen molar-refractivity contribution in [3.05, 3.63) is 35.2 Å². The van der Waals surface area contributed by atoms with E-state index in [2.05, 4.69) is 0 Å². The molecule has 0 radical (unpaired) electrons. The van der Waals surface area contributed by atoms with Crippen LogP contribution < -0.4 is 0 Å². The summed E-state index contributed by atoms with van der Waals surface area (Å²) >= 11 is 1.57. The number of alkyl halides is 3. The molecule has 0 aliphatic heterocycles. The average Bonchev–Trinajstić information content (AvgIpc) is 2.71. The number of aliphatic hydroxyl groups excluding tert-OH is 1. The van der Waals surface area contributed by atoms with E-state index in [1.807, 2.05) is 29.6 Å². The normalized spacial score (nSPS) is 14.2. The van der Waals surface area contributed by atoms with Gasteiger partial charge in [0.1, 0.15) is 0 Å². The van der Waals surface area contributed by atoms with E-state index in [-0.39, 0.29) is 0 Å². The van der Waals surface area contributed by atoms with E-state index in [9.17, 15) is 13.2 Å². The molecule has 2 nitrogen and oxygen atoms in total. The second kappa shape index (κ2) is 5.48. The number of benzene rings is 1. The highest BCUT2D eigenvalue weighted by Crippen LogP contribution is 2.27. The monoisotopic (exact) mass is 289 g/mol. The number of likely N-dealkylation sites (N-methyl/N-ethyl adjacent to an activating group) is 1. The van der Waals surface area contributed by atoms with Crippen molar-refractivity contribution in [2.75, 3.05) is 13.6 Å². The minimum absolute atomic E-state index is 0.386. The molecule has 104 valence electrons. The average molecular weight is 289 g/mol. The Morgan fingerprint density at radius 3 is 2.68 bits per heavy atom. The van der Waals surface area contributed by atoms with Crippen LogP contribution in [0.5, 0.6) is 0 Å². The summed E-state index contributed by atoms with van der Waals surface area (Å²) in [7, 11) is 1.57. The molecule has 0 saturated carbocycles. The quantitative estimate of drug-likeness (QED) is 0.934. The van der Waals surface area contributed by atoms with Crippen LogP contribution in [0.15, 0.2) is 29.6 Å². The number of thiophene rings is 1. The zero-order valence-electron chi connectivity index (χ0n) is 10.3. The first kappa shape index (κ1) is 14.3.